The quantitative estimate of drug-likeness (QED) is 0.711. The van der Waals surface area contributed by atoms with Crippen LogP contribution in [0.4, 0.5) is 11.5 Å². The van der Waals surface area contributed by atoms with Crippen LogP contribution in [0.5, 0.6) is 5.88 Å². The summed E-state index contributed by atoms with van der Waals surface area (Å²) in [6.45, 7) is 7.83. The van der Waals surface area contributed by atoms with Crippen molar-refractivity contribution >= 4 is 11.5 Å². The van der Waals surface area contributed by atoms with E-state index in [-0.39, 0.29) is 6.10 Å². The summed E-state index contributed by atoms with van der Waals surface area (Å²) in [6.07, 6.45) is 2.02. The van der Waals surface area contributed by atoms with E-state index in [2.05, 4.69) is 15.3 Å². The number of nitrogens with two attached hydrogens (primary N) is 1. The van der Waals surface area contributed by atoms with Crippen LogP contribution in [0, 0.1) is 0 Å². The van der Waals surface area contributed by atoms with Gasteiger partial charge in [-0.15, -0.1) is 0 Å². The summed E-state index contributed by atoms with van der Waals surface area (Å²) in [5.74, 6) is 0.841. The molecule has 1 heterocycles. The van der Waals surface area contributed by atoms with Gasteiger partial charge >= 0.3 is 0 Å². The van der Waals surface area contributed by atoms with Crippen molar-refractivity contribution in [2.45, 2.75) is 45.8 Å². The molecule has 1 aromatic heterocycles. The largest absolute Gasteiger partial charge is 0.473 e. The van der Waals surface area contributed by atoms with Gasteiger partial charge in [-0.2, -0.15) is 4.98 Å². The monoisotopic (exact) mass is 254 g/mol. The average Bonchev–Trinajstić information content (AvgIpc) is 2.30. The van der Waals surface area contributed by atoms with E-state index in [9.17, 15) is 5.11 Å². The Morgan fingerprint density at radius 1 is 1.50 bits per heavy atom. The number of anilines is 2. The summed E-state index contributed by atoms with van der Waals surface area (Å²) in [5.41, 5.74) is 5.47. The molecule has 6 nitrogen and oxygen atoms in total. The van der Waals surface area contributed by atoms with E-state index in [1.807, 2.05) is 20.8 Å². The molecule has 1 rings (SSSR count). The Hall–Kier alpha value is -1.56. The summed E-state index contributed by atoms with van der Waals surface area (Å²) in [5, 5.41) is 12.9. The predicted molar refractivity (Wildman–Crippen MR) is 71.6 cm³/mol. The second-order valence-electron chi connectivity index (χ2n) is 4.81. The molecule has 0 aliphatic heterocycles. The van der Waals surface area contributed by atoms with Crippen molar-refractivity contribution in [2.75, 3.05) is 17.6 Å². The summed E-state index contributed by atoms with van der Waals surface area (Å²) < 4.78 is 5.47. The van der Waals surface area contributed by atoms with E-state index < -0.39 is 5.60 Å². The van der Waals surface area contributed by atoms with Crippen molar-refractivity contribution in [1.29, 1.82) is 0 Å². The Labute approximate surface area is 108 Å². The lowest BCUT2D eigenvalue weighted by atomic mass is 10.0. The molecule has 0 aliphatic rings. The normalized spacial score (nSPS) is 14.3. The zero-order valence-corrected chi connectivity index (χ0v) is 11.4. The summed E-state index contributed by atoms with van der Waals surface area (Å²) in [6, 6.07) is 0. The minimum Gasteiger partial charge on any atom is -0.473 e. The lowest BCUT2D eigenvalue weighted by molar-refractivity contribution is 0.0696. The molecule has 0 spiro atoms. The Kier molecular flexibility index (Phi) is 4.72. The molecule has 0 saturated carbocycles. The highest BCUT2D eigenvalue weighted by molar-refractivity contribution is 5.66. The number of aromatic nitrogens is 2. The average molecular weight is 254 g/mol. The van der Waals surface area contributed by atoms with Crippen LogP contribution in [-0.4, -0.2) is 33.3 Å². The van der Waals surface area contributed by atoms with E-state index >= 15 is 0 Å². The molecule has 1 aromatic rings. The van der Waals surface area contributed by atoms with E-state index in [0.717, 1.165) is 0 Å². The van der Waals surface area contributed by atoms with Crippen molar-refractivity contribution in [2.24, 2.45) is 0 Å². The summed E-state index contributed by atoms with van der Waals surface area (Å²) >= 11 is 0. The van der Waals surface area contributed by atoms with Gasteiger partial charge in [-0.1, -0.05) is 6.92 Å². The fourth-order valence-corrected chi connectivity index (χ4v) is 1.24. The first-order valence-corrected chi connectivity index (χ1v) is 6.09. The van der Waals surface area contributed by atoms with Crippen molar-refractivity contribution < 1.29 is 9.84 Å². The molecule has 6 heteroatoms. The van der Waals surface area contributed by atoms with E-state index in [4.69, 9.17) is 10.5 Å². The highest BCUT2D eigenvalue weighted by Gasteiger charge is 2.18. The highest BCUT2D eigenvalue weighted by atomic mass is 16.5. The van der Waals surface area contributed by atoms with E-state index in [0.29, 0.717) is 30.4 Å². The molecule has 1 unspecified atom stereocenters. The number of rotatable bonds is 6. The molecular formula is C12H22N4O2. The first-order chi connectivity index (χ1) is 8.35. The maximum Gasteiger partial charge on any atom is 0.242 e. The second kappa shape index (κ2) is 5.86. The molecule has 0 aliphatic carbocycles. The van der Waals surface area contributed by atoms with Gasteiger partial charge < -0.3 is 20.9 Å². The van der Waals surface area contributed by atoms with Crippen LogP contribution in [0.15, 0.2) is 6.33 Å². The fourth-order valence-electron chi connectivity index (χ4n) is 1.24. The molecule has 0 fully saturated rings. The Morgan fingerprint density at radius 3 is 2.72 bits per heavy atom. The zero-order valence-electron chi connectivity index (χ0n) is 11.4. The van der Waals surface area contributed by atoms with Gasteiger partial charge in [0.15, 0.2) is 5.82 Å². The van der Waals surface area contributed by atoms with Crippen LogP contribution in [-0.2, 0) is 0 Å². The van der Waals surface area contributed by atoms with Crippen molar-refractivity contribution in [3.63, 3.8) is 0 Å². The molecule has 1 atom stereocenters. The van der Waals surface area contributed by atoms with Crippen LogP contribution in [0.1, 0.15) is 34.1 Å². The maximum atomic E-state index is 9.91. The number of nitrogens with one attached hydrogen (secondary N) is 1. The van der Waals surface area contributed by atoms with Crippen molar-refractivity contribution in [3.8, 4) is 5.88 Å². The molecule has 0 bridgehead atoms. The minimum atomic E-state index is -0.795. The third kappa shape index (κ3) is 4.03. The molecular weight excluding hydrogens is 232 g/mol. The maximum absolute atomic E-state index is 9.91. The summed E-state index contributed by atoms with van der Waals surface area (Å²) in [4.78, 5) is 8.03. The Balaban J connectivity index is 2.78. The number of hydrogen-bond donors (Lipinski definition) is 3. The van der Waals surface area contributed by atoms with Crippen LogP contribution in [0.25, 0.3) is 0 Å². The lowest BCUT2D eigenvalue weighted by Gasteiger charge is -2.22. The Morgan fingerprint density at radius 2 is 2.17 bits per heavy atom. The van der Waals surface area contributed by atoms with Gasteiger partial charge in [0, 0.05) is 6.54 Å². The standard InChI is InChI=1S/C12H22N4O2/c1-5-12(4,17)6-14-10-9(13)11(16-7-15-10)18-8(2)3/h7-8,17H,5-6,13H2,1-4H3,(H,14,15,16). The third-order valence-corrected chi connectivity index (χ3v) is 2.59. The lowest BCUT2D eigenvalue weighted by Crippen LogP contribution is -2.32. The zero-order chi connectivity index (χ0) is 13.8. The Bertz CT molecular complexity index is 394. The van der Waals surface area contributed by atoms with Crippen LogP contribution < -0.4 is 15.8 Å². The molecule has 18 heavy (non-hydrogen) atoms. The topological polar surface area (TPSA) is 93.3 Å². The molecule has 0 aromatic carbocycles. The fraction of sp³-hybridized carbons (Fsp3) is 0.667. The number of aliphatic hydroxyl groups is 1. The summed E-state index contributed by atoms with van der Waals surface area (Å²) in [7, 11) is 0. The van der Waals surface area contributed by atoms with Crippen molar-refractivity contribution in [1.82, 2.24) is 9.97 Å². The van der Waals surface area contributed by atoms with Gasteiger partial charge in [0.1, 0.15) is 12.0 Å². The van der Waals surface area contributed by atoms with Gasteiger partial charge in [0.2, 0.25) is 5.88 Å². The van der Waals surface area contributed by atoms with Gasteiger partial charge in [0.05, 0.1) is 11.7 Å². The smallest absolute Gasteiger partial charge is 0.242 e. The van der Waals surface area contributed by atoms with E-state index in [1.165, 1.54) is 6.33 Å². The van der Waals surface area contributed by atoms with Gasteiger partial charge in [0.25, 0.3) is 0 Å². The molecule has 0 radical (unpaired) electrons. The number of nitrogens with zero attached hydrogens (tertiary/aromatic N) is 2. The number of hydrogen-bond acceptors (Lipinski definition) is 6. The second-order valence-corrected chi connectivity index (χ2v) is 4.81. The van der Waals surface area contributed by atoms with Gasteiger partial charge in [-0.25, -0.2) is 4.98 Å². The van der Waals surface area contributed by atoms with Crippen molar-refractivity contribution in [3.05, 3.63) is 6.33 Å². The minimum absolute atomic E-state index is 0.00574. The van der Waals surface area contributed by atoms with Gasteiger partial charge in [-0.3, -0.25) is 0 Å². The number of nitrogen functional groups attached to an aromatic ring is 1. The molecule has 4 N–H and O–H groups in total. The predicted octanol–water partition coefficient (Wildman–Crippen LogP) is 1.42. The first kappa shape index (κ1) is 14.5. The van der Waals surface area contributed by atoms with Gasteiger partial charge in [-0.05, 0) is 27.2 Å². The molecule has 102 valence electrons. The number of ether oxygens (including phenoxy) is 1. The SMILES string of the molecule is CCC(C)(O)CNc1ncnc(OC(C)C)c1N. The van der Waals surface area contributed by atoms with Crippen LogP contribution >= 0.6 is 0 Å². The van der Waals surface area contributed by atoms with E-state index in [1.54, 1.807) is 6.92 Å². The third-order valence-electron chi connectivity index (χ3n) is 2.59. The first-order valence-electron chi connectivity index (χ1n) is 6.09. The van der Waals surface area contributed by atoms with Crippen LogP contribution in [0.2, 0.25) is 0 Å². The molecule has 0 amide bonds. The van der Waals surface area contributed by atoms with Crippen LogP contribution in [0.3, 0.4) is 0 Å². The highest BCUT2D eigenvalue weighted by Crippen LogP contribution is 2.25. The molecule has 0 saturated heterocycles.